The zero-order valence-corrected chi connectivity index (χ0v) is 34.6. The number of esters is 2. The fourth-order valence-corrected chi connectivity index (χ4v) is 7.09. The van der Waals surface area contributed by atoms with Crippen LogP contribution in [0.3, 0.4) is 0 Å². The van der Waals surface area contributed by atoms with Crippen LogP contribution in [0.4, 0.5) is 0 Å². The van der Waals surface area contributed by atoms with Crippen molar-refractivity contribution in [2.24, 2.45) is 0 Å². The van der Waals surface area contributed by atoms with Gasteiger partial charge in [0.25, 0.3) is 0 Å². The summed E-state index contributed by atoms with van der Waals surface area (Å²) in [6.45, 7) is 9.72. The second kappa shape index (κ2) is 31.7. The monoisotopic (exact) mass is 735 g/mol. The molecule has 2 rings (SSSR count). The Balaban J connectivity index is 1.66. The van der Waals surface area contributed by atoms with Crippen LogP contribution in [0.1, 0.15) is 226 Å². The number of rotatable bonds is 34. The van der Waals surface area contributed by atoms with Gasteiger partial charge in [-0.05, 0) is 73.9 Å². The molecule has 2 aromatic rings. The molecule has 0 radical (unpaired) electrons. The molecule has 0 aliphatic heterocycles. The summed E-state index contributed by atoms with van der Waals surface area (Å²) in [5.74, 6) is -0.470. The quantitative estimate of drug-likeness (QED) is 0.0529. The molecule has 0 heterocycles. The Bertz CT molecular complexity index is 1070. The van der Waals surface area contributed by atoms with Gasteiger partial charge < -0.3 is 14.2 Å². The Hall–Kier alpha value is -2.66. The molecule has 0 N–H and O–H groups in total. The molecule has 0 spiro atoms. The fourth-order valence-electron chi connectivity index (χ4n) is 7.09. The van der Waals surface area contributed by atoms with Gasteiger partial charge in [-0.2, -0.15) is 0 Å². The van der Waals surface area contributed by atoms with Crippen molar-refractivity contribution < 1.29 is 23.8 Å². The molecule has 0 fully saturated rings. The molecule has 0 aromatic heterocycles. The van der Waals surface area contributed by atoms with Crippen LogP contribution in [-0.2, 0) is 27.4 Å². The van der Waals surface area contributed by atoms with Crippen molar-refractivity contribution in [2.75, 3.05) is 0 Å². The molecule has 53 heavy (non-hydrogen) atoms. The Morgan fingerprint density at radius 1 is 0.396 bits per heavy atom. The van der Waals surface area contributed by atoms with E-state index in [2.05, 4.69) is 27.7 Å². The fraction of sp³-hybridized carbons (Fsp3) is 0.708. The first-order chi connectivity index (χ1) is 26.0. The first-order valence-electron chi connectivity index (χ1n) is 22.2. The van der Waals surface area contributed by atoms with Crippen LogP contribution in [-0.4, -0.2) is 24.1 Å². The lowest BCUT2D eigenvalue weighted by molar-refractivity contribution is 0.0244. The van der Waals surface area contributed by atoms with Crippen LogP contribution in [0.5, 0.6) is 0 Å². The summed E-state index contributed by atoms with van der Waals surface area (Å²) in [6, 6.07) is 15.1. The van der Waals surface area contributed by atoms with Gasteiger partial charge in [-0.25, -0.2) is 9.59 Å². The Morgan fingerprint density at radius 2 is 0.698 bits per heavy atom. The zero-order chi connectivity index (χ0) is 38.2. The molecule has 2 aromatic carbocycles. The predicted molar refractivity (Wildman–Crippen MR) is 223 cm³/mol. The summed E-state index contributed by atoms with van der Waals surface area (Å²) in [6.07, 6.45) is 31.9. The first-order valence-corrected chi connectivity index (χ1v) is 22.2. The van der Waals surface area contributed by atoms with Crippen LogP contribution < -0.4 is 0 Å². The minimum atomic E-state index is -0.235. The number of hydrogen-bond donors (Lipinski definition) is 0. The maximum Gasteiger partial charge on any atom is 0.338 e. The van der Waals surface area contributed by atoms with Crippen LogP contribution >= 0.6 is 0 Å². The third-order valence-corrected chi connectivity index (χ3v) is 10.4. The van der Waals surface area contributed by atoms with Gasteiger partial charge >= 0.3 is 11.9 Å². The smallest absolute Gasteiger partial charge is 0.338 e. The molecule has 0 aliphatic carbocycles. The molecule has 300 valence electrons. The minimum Gasteiger partial charge on any atom is -0.459 e. The highest BCUT2D eigenvalue weighted by atomic mass is 16.5. The third kappa shape index (κ3) is 23.0. The van der Waals surface area contributed by atoms with E-state index in [1.807, 2.05) is 48.5 Å². The van der Waals surface area contributed by atoms with Gasteiger partial charge in [0.2, 0.25) is 0 Å². The van der Waals surface area contributed by atoms with Gasteiger partial charge in [0, 0.05) is 0 Å². The standard InChI is InChI=1S/C48H78O5/c1-5-9-11-13-15-17-19-21-23-25-29-45(27-7-3)52-47(49)43-35-31-41(32-36-43)39-51-40-42-33-37-44(38-34-42)48(50)53-46(28-8-4)30-26-24-22-20-18-16-14-12-10-6-2/h31-38,45-46H,5-30,39-40H2,1-4H3. The van der Waals surface area contributed by atoms with Crippen molar-refractivity contribution in [1.82, 2.24) is 0 Å². The molecular weight excluding hydrogens is 657 g/mol. The third-order valence-electron chi connectivity index (χ3n) is 10.4. The molecule has 0 amide bonds. The number of carbonyl (C=O) groups is 2. The normalized spacial score (nSPS) is 12.5. The molecule has 5 nitrogen and oxygen atoms in total. The summed E-state index contributed by atoms with van der Waals surface area (Å²) in [7, 11) is 0. The molecule has 5 heteroatoms. The second-order valence-electron chi connectivity index (χ2n) is 15.5. The SMILES string of the molecule is CCCCCCCCCCCCC(CCC)OC(=O)c1ccc(COCc2ccc(C(=O)OC(CCC)CCCCCCCCCCCC)cc2)cc1. The van der Waals surface area contributed by atoms with Crippen molar-refractivity contribution in [3.63, 3.8) is 0 Å². The Labute approximate surface area is 325 Å². The van der Waals surface area contributed by atoms with Crippen LogP contribution in [0, 0.1) is 0 Å². The van der Waals surface area contributed by atoms with Gasteiger partial charge in [0.1, 0.15) is 12.2 Å². The lowest BCUT2D eigenvalue weighted by Crippen LogP contribution is -2.18. The highest BCUT2D eigenvalue weighted by Gasteiger charge is 2.17. The number of carbonyl (C=O) groups excluding carboxylic acids is 2. The van der Waals surface area contributed by atoms with E-state index in [1.165, 1.54) is 116 Å². The molecule has 0 saturated heterocycles. The van der Waals surface area contributed by atoms with E-state index < -0.39 is 0 Å². The Morgan fingerprint density at radius 3 is 1.00 bits per heavy atom. The summed E-state index contributed by atoms with van der Waals surface area (Å²) in [5.41, 5.74) is 3.18. The van der Waals surface area contributed by atoms with Crippen molar-refractivity contribution >= 4 is 11.9 Å². The maximum absolute atomic E-state index is 12.9. The van der Waals surface area contributed by atoms with Gasteiger partial charge in [0.15, 0.2) is 0 Å². The number of hydrogen-bond acceptors (Lipinski definition) is 5. The van der Waals surface area contributed by atoms with Gasteiger partial charge in [-0.3, -0.25) is 0 Å². The molecule has 2 unspecified atom stereocenters. The molecule has 0 bridgehead atoms. The number of ether oxygens (including phenoxy) is 3. The summed E-state index contributed by atoms with van der Waals surface area (Å²) in [5, 5.41) is 0. The molecule has 0 saturated carbocycles. The largest absolute Gasteiger partial charge is 0.459 e. The number of unbranched alkanes of at least 4 members (excludes halogenated alkanes) is 18. The first kappa shape index (κ1) is 46.5. The van der Waals surface area contributed by atoms with Gasteiger partial charge in [0.05, 0.1) is 24.3 Å². The zero-order valence-electron chi connectivity index (χ0n) is 34.6. The molecular formula is C48H78O5. The van der Waals surface area contributed by atoms with E-state index in [-0.39, 0.29) is 24.1 Å². The average molecular weight is 735 g/mol. The van der Waals surface area contributed by atoms with Crippen molar-refractivity contribution in [1.29, 1.82) is 0 Å². The Kier molecular flexibility index (Phi) is 27.8. The van der Waals surface area contributed by atoms with Gasteiger partial charge in [-0.1, -0.05) is 180 Å². The average Bonchev–Trinajstić information content (AvgIpc) is 3.17. The van der Waals surface area contributed by atoms with Gasteiger partial charge in [-0.15, -0.1) is 0 Å². The molecule has 2 atom stereocenters. The number of benzene rings is 2. The predicted octanol–water partition coefficient (Wildman–Crippen LogP) is 14.7. The lowest BCUT2D eigenvalue weighted by Gasteiger charge is -2.17. The highest BCUT2D eigenvalue weighted by molar-refractivity contribution is 5.90. The maximum atomic E-state index is 12.9. The topological polar surface area (TPSA) is 61.8 Å². The summed E-state index contributed by atoms with van der Waals surface area (Å²) < 4.78 is 17.8. The van der Waals surface area contributed by atoms with Crippen LogP contribution in [0.25, 0.3) is 0 Å². The van der Waals surface area contributed by atoms with E-state index in [1.54, 1.807) is 0 Å². The lowest BCUT2D eigenvalue weighted by atomic mass is 10.0. The summed E-state index contributed by atoms with van der Waals surface area (Å²) >= 11 is 0. The van der Waals surface area contributed by atoms with Crippen molar-refractivity contribution in [2.45, 2.75) is 220 Å². The van der Waals surface area contributed by atoms with E-state index in [4.69, 9.17) is 14.2 Å². The van der Waals surface area contributed by atoms with E-state index in [9.17, 15) is 9.59 Å². The summed E-state index contributed by atoms with van der Waals surface area (Å²) in [4.78, 5) is 25.9. The van der Waals surface area contributed by atoms with E-state index >= 15 is 0 Å². The molecule has 0 aliphatic rings. The van der Waals surface area contributed by atoms with Crippen LogP contribution in [0.15, 0.2) is 48.5 Å². The van der Waals surface area contributed by atoms with Crippen molar-refractivity contribution in [3.05, 3.63) is 70.8 Å². The van der Waals surface area contributed by atoms with Crippen LogP contribution in [0.2, 0.25) is 0 Å². The second-order valence-corrected chi connectivity index (χ2v) is 15.5. The van der Waals surface area contributed by atoms with Crippen molar-refractivity contribution in [3.8, 4) is 0 Å². The van der Waals surface area contributed by atoms with E-state index in [0.29, 0.717) is 24.3 Å². The highest BCUT2D eigenvalue weighted by Crippen LogP contribution is 2.20. The minimum absolute atomic E-state index is 0.00932. The van der Waals surface area contributed by atoms with E-state index in [0.717, 1.165) is 62.5 Å².